The third-order valence-electron chi connectivity index (χ3n) is 5.12. The van der Waals surface area contributed by atoms with Crippen molar-refractivity contribution in [1.29, 1.82) is 0 Å². The van der Waals surface area contributed by atoms with Gasteiger partial charge in [-0.1, -0.05) is 30.7 Å². The highest BCUT2D eigenvalue weighted by molar-refractivity contribution is 5.94. The Balaban J connectivity index is 1.57. The topological polar surface area (TPSA) is 82.3 Å². The summed E-state index contributed by atoms with van der Waals surface area (Å²) < 4.78 is 0. The molecule has 0 radical (unpaired) electrons. The van der Waals surface area contributed by atoms with Gasteiger partial charge in [0.25, 0.3) is 11.5 Å². The molecule has 1 aromatic heterocycles. The molecule has 2 aromatic rings. The van der Waals surface area contributed by atoms with Gasteiger partial charge in [-0.15, -0.1) is 0 Å². The van der Waals surface area contributed by atoms with Gasteiger partial charge in [-0.3, -0.25) is 14.4 Å². The van der Waals surface area contributed by atoms with E-state index in [0.29, 0.717) is 11.6 Å². The van der Waals surface area contributed by atoms with Crippen molar-refractivity contribution in [2.24, 2.45) is 5.92 Å². The fourth-order valence-corrected chi connectivity index (χ4v) is 3.59. The van der Waals surface area contributed by atoms with Crippen molar-refractivity contribution in [2.45, 2.75) is 33.1 Å². The smallest absolute Gasteiger partial charge is 0.261 e. The SMILES string of the molecule is Cc1cccc(-c2ccc(C(=O)NCCC(=O)N3CCCC(C)C3)c(=O)[nH]2)c1. The first-order valence-electron chi connectivity index (χ1n) is 9.80. The molecule has 6 nitrogen and oxygen atoms in total. The van der Waals surface area contributed by atoms with Crippen LogP contribution in [0.25, 0.3) is 11.3 Å². The number of rotatable bonds is 5. The number of hydrogen-bond donors (Lipinski definition) is 2. The number of nitrogens with one attached hydrogen (secondary N) is 2. The van der Waals surface area contributed by atoms with Gasteiger partial charge in [-0.2, -0.15) is 0 Å². The molecule has 0 bridgehead atoms. The number of piperidine rings is 1. The van der Waals surface area contributed by atoms with Gasteiger partial charge >= 0.3 is 0 Å². The number of carbonyl (C=O) groups excluding carboxylic acids is 2. The van der Waals surface area contributed by atoms with E-state index in [-0.39, 0.29) is 24.4 Å². The van der Waals surface area contributed by atoms with Crippen molar-refractivity contribution >= 4 is 11.8 Å². The molecule has 1 saturated heterocycles. The maximum absolute atomic E-state index is 12.3. The molecular weight excluding hydrogens is 354 g/mol. The molecule has 148 valence electrons. The molecule has 1 aliphatic rings. The third-order valence-corrected chi connectivity index (χ3v) is 5.12. The van der Waals surface area contributed by atoms with Crippen LogP contribution >= 0.6 is 0 Å². The third kappa shape index (κ3) is 4.88. The molecule has 28 heavy (non-hydrogen) atoms. The van der Waals surface area contributed by atoms with Crippen molar-refractivity contribution in [3.63, 3.8) is 0 Å². The van der Waals surface area contributed by atoms with Gasteiger partial charge in [0.1, 0.15) is 5.56 Å². The number of aromatic amines is 1. The van der Waals surface area contributed by atoms with E-state index in [1.54, 1.807) is 6.07 Å². The Labute approximate surface area is 165 Å². The summed E-state index contributed by atoms with van der Waals surface area (Å²) >= 11 is 0. The standard InChI is InChI=1S/C22H27N3O3/c1-15-5-3-7-17(13-15)19-9-8-18(22(28)24-19)21(27)23-11-10-20(26)25-12-4-6-16(2)14-25/h3,5,7-9,13,16H,4,6,10-12,14H2,1-2H3,(H,23,27)(H,24,28). The van der Waals surface area contributed by atoms with Crippen LogP contribution in [0, 0.1) is 12.8 Å². The van der Waals surface area contributed by atoms with Crippen LogP contribution in [-0.2, 0) is 4.79 Å². The van der Waals surface area contributed by atoms with Gasteiger partial charge in [-0.25, -0.2) is 0 Å². The molecule has 2 amide bonds. The number of aryl methyl sites for hydroxylation is 1. The normalized spacial score (nSPS) is 16.6. The van der Waals surface area contributed by atoms with E-state index >= 15 is 0 Å². The van der Waals surface area contributed by atoms with E-state index in [9.17, 15) is 14.4 Å². The zero-order chi connectivity index (χ0) is 20.1. The van der Waals surface area contributed by atoms with Crippen LogP contribution in [-0.4, -0.2) is 41.3 Å². The van der Waals surface area contributed by atoms with Crippen molar-refractivity contribution < 1.29 is 9.59 Å². The van der Waals surface area contributed by atoms with E-state index in [4.69, 9.17) is 0 Å². The zero-order valence-electron chi connectivity index (χ0n) is 16.5. The van der Waals surface area contributed by atoms with Crippen molar-refractivity contribution in [3.05, 3.63) is 57.9 Å². The lowest BCUT2D eigenvalue weighted by Gasteiger charge is -2.31. The highest BCUT2D eigenvalue weighted by Gasteiger charge is 2.20. The molecule has 1 aliphatic heterocycles. The van der Waals surface area contributed by atoms with Crippen molar-refractivity contribution in [3.8, 4) is 11.3 Å². The van der Waals surface area contributed by atoms with Gasteiger partial charge in [0, 0.05) is 31.7 Å². The lowest BCUT2D eigenvalue weighted by molar-refractivity contribution is -0.132. The second-order valence-electron chi connectivity index (χ2n) is 7.58. The Morgan fingerprint density at radius 2 is 2.07 bits per heavy atom. The predicted molar refractivity (Wildman–Crippen MR) is 109 cm³/mol. The number of carbonyl (C=O) groups is 2. The van der Waals surface area contributed by atoms with Crippen molar-refractivity contribution in [1.82, 2.24) is 15.2 Å². The summed E-state index contributed by atoms with van der Waals surface area (Å²) in [6.45, 7) is 5.93. The van der Waals surface area contributed by atoms with Gasteiger partial charge in [-0.05, 0) is 49.4 Å². The Kier molecular flexibility index (Phi) is 6.29. The van der Waals surface area contributed by atoms with E-state index < -0.39 is 11.5 Å². The summed E-state index contributed by atoms with van der Waals surface area (Å²) in [5.74, 6) is 0.116. The fraction of sp³-hybridized carbons (Fsp3) is 0.409. The first kappa shape index (κ1) is 19.9. The summed E-state index contributed by atoms with van der Waals surface area (Å²) in [5.41, 5.74) is 2.26. The number of amides is 2. The predicted octanol–water partition coefficient (Wildman–Crippen LogP) is 2.73. The van der Waals surface area contributed by atoms with Crippen LogP contribution < -0.4 is 10.9 Å². The minimum atomic E-state index is -0.461. The van der Waals surface area contributed by atoms with E-state index in [1.165, 1.54) is 6.07 Å². The Bertz CT molecular complexity index is 919. The Morgan fingerprint density at radius 1 is 1.25 bits per heavy atom. The second-order valence-corrected chi connectivity index (χ2v) is 7.58. The molecule has 0 aliphatic carbocycles. The molecule has 2 heterocycles. The molecule has 0 saturated carbocycles. The number of benzene rings is 1. The molecule has 1 atom stereocenters. The van der Waals surface area contributed by atoms with Crippen LogP contribution in [0.4, 0.5) is 0 Å². The maximum atomic E-state index is 12.3. The molecule has 1 unspecified atom stereocenters. The number of pyridine rings is 1. The number of hydrogen-bond acceptors (Lipinski definition) is 3. The maximum Gasteiger partial charge on any atom is 0.261 e. The average Bonchev–Trinajstić information content (AvgIpc) is 2.67. The monoisotopic (exact) mass is 381 g/mol. The number of aromatic nitrogens is 1. The molecular formula is C22H27N3O3. The van der Waals surface area contributed by atoms with Gasteiger partial charge in [0.05, 0.1) is 0 Å². The zero-order valence-corrected chi connectivity index (χ0v) is 16.5. The first-order chi connectivity index (χ1) is 13.4. The first-order valence-corrected chi connectivity index (χ1v) is 9.80. The number of nitrogens with zero attached hydrogens (tertiary/aromatic N) is 1. The molecule has 6 heteroatoms. The summed E-state index contributed by atoms with van der Waals surface area (Å²) in [4.78, 5) is 41.5. The summed E-state index contributed by atoms with van der Waals surface area (Å²) in [6.07, 6.45) is 2.43. The quantitative estimate of drug-likeness (QED) is 0.835. The molecule has 2 N–H and O–H groups in total. The van der Waals surface area contributed by atoms with Crippen LogP contribution in [0.1, 0.15) is 42.1 Å². The van der Waals surface area contributed by atoms with Crippen LogP contribution in [0.5, 0.6) is 0 Å². The second kappa shape index (κ2) is 8.87. The lowest BCUT2D eigenvalue weighted by atomic mass is 10.00. The average molecular weight is 381 g/mol. The molecule has 3 rings (SSSR count). The van der Waals surface area contributed by atoms with E-state index in [2.05, 4.69) is 17.2 Å². The van der Waals surface area contributed by atoms with Crippen LogP contribution in [0.3, 0.4) is 0 Å². The lowest BCUT2D eigenvalue weighted by Crippen LogP contribution is -2.40. The van der Waals surface area contributed by atoms with Gasteiger partial charge < -0.3 is 15.2 Å². The molecule has 0 spiro atoms. The minimum absolute atomic E-state index is 0.0513. The van der Waals surface area contributed by atoms with E-state index in [1.807, 2.05) is 36.1 Å². The summed E-state index contributed by atoms with van der Waals surface area (Å²) in [6, 6.07) is 11.0. The summed E-state index contributed by atoms with van der Waals surface area (Å²) in [5, 5.41) is 2.68. The van der Waals surface area contributed by atoms with Gasteiger partial charge in [0.15, 0.2) is 0 Å². The van der Waals surface area contributed by atoms with Crippen LogP contribution in [0.15, 0.2) is 41.2 Å². The number of H-pyrrole nitrogens is 1. The van der Waals surface area contributed by atoms with Gasteiger partial charge in [0.2, 0.25) is 5.91 Å². The largest absolute Gasteiger partial charge is 0.351 e. The van der Waals surface area contributed by atoms with Crippen LogP contribution in [0.2, 0.25) is 0 Å². The van der Waals surface area contributed by atoms with E-state index in [0.717, 1.165) is 37.1 Å². The Morgan fingerprint density at radius 3 is 2.79 bits per heavy atom. The fourth-order valence-electron chi connectivity index (χ4n) is 3.59. The minimum Gasteiger partial charge on any atom is -0.351 e. The highest BCUT2D eigenvalue weighted by Crippen LogP contribution is 2.17. The van der Waals surface area contributed by atoms with Crippen molar-refractivity contribution in [2.75, 3.05) is 19.6 Å². The Hall–Kier alpha value is -2.89. The molecule has 1 aromatic carbocycles. The number of likely N-dealkylation sites (tertiary alicyclic amines) is 1. The summed E-state index contributed by atoms with van der Waals surface area (Å²) in [7, 11) is 0. The molecule has 1 fully saturated rings. The highest BCUT2D eigenvalue weighted by atomic mass is 16.2.